The van der Waals surface area contributed by atoms with E-state index in [9.17, 15) is 4.79 Å². The zero-order valence-corrected chi connectivity index (χ0v) is 10.9. The number of carbonyl (C=O) groups excluding carboxylic acids is 1. The fraction of sp³-hybridized carbons (Fsp3) is 0.267. The predicted molar refractivity (Wildman–Crippen MR) is 72.8 cm³/mol. The second-order valence-electron chi connectivity index (χ2n) is 4.74. The molecule has 2 aliphatic rings. The van der Waals surface area contributed by atoms with E-state index >= 15 is 0 Å². The van der Waals surface area contributed by atoms with E-state index < -0.39 is 11.6 Å². The summed E-state index contributed by atoms with van der Waals surface area (Å²) in [5.74, 6) is 0.204. The molecule has 0 bridgehead atoms. The van der Waals surface area contributed by atoms with Crippen LogP contribution in [0.15, 0.2) is 29.3 Å². The van der Waals surface area contributed by atoms with Gasteiger partial charge in [0.05, 0.1) is 13.2 Å². The number of ether oxygens (including phenoxy) is 2. The number of carbonyl (C=O) groups is 1. The molecule has 0 saturated heterocycles. The Morgan fingerprint density at radius 3 is 3.00 bits per heavy atom. The molecular weight excluding hydrogens is 256 g/mol. The third-order valence-electron chi connectivity index (χ3n) is 3.39. The lowest BCUT2D eigenvalue weighted by molar-refractivity contribution is -0.133. The van der Waals surface area contributed by atoms with Crippen molar-refractivity contribution in [1.82, 2.24) is 0 Å². The first-order valence-corrected chi connectivity index (χ1v) is 6.25. The van der Waals surface area contributed by atoms with Gasteiger partial charge in [0.2, 0.25) is 0 Å². The molecule has 3 rings (SSSR count). The lowest BCUT2D eigenvalue weighted by Crippen LogP contribution is -2.38. The number of rotatable bonds is 2. The van der Waals surface area contributed by atoms with Crippen LogP contribution < -0.4 is 4.74 Å². The van der Waals surface area contributed by atoms with Gasteiger partial charge < -0.3 is 9.47 Å². The summed E-state index contributed by atoms with van der Waals surface area (Å²) in [6.45, 7) is 0. The second kappa shape index (κ2) is 4.49. The van der Waals surface area contributed by atoms with E-state index in [2.05, 4.69) is 4.99 Å². The van der Waals surface area contributed by atoms with E-state index in [4.69, 9.17) is 14.7 Å². The lowest BCUT2D eigenvalue weighted by Gasteiger charge is -2.24. The minimum absolute atomic E-state index is 0.328. The quantitative estimate of drug-likeness (QED) is 0.610. The van der Waals surface area contributed by atoms with Crippen molar-refractivity contribution in [2.24, 2.45) is 4.99 Å². The van der Waals surface area contributed by atoms with E-state index in [1.54, 1.807) is 12.1 Å². The molecule has 1 aliphatic heterocycles. The van der Waals surface area contributed by atoms with Crippen LogP contribution in [0.1, 0.15) is 18.4 Å². The van der Waals surface area contributed by atoms with Crippen LogP contribution in [-0.4, -0.2) is 24.4 Å². The Kier molecular flexibility index (Phi) is 2.79. The highest BCUT2D eigenvalue weighted by molar-refractivity contribution is 6.41. The minimum Gasteiger partial charge on any atom is -0.478 e. The lowest BCUT2D eigenvalue weighted by atomic mass is 10.1. The van der Waals surface area contributed by atoms with Gasteiger partial charge in [0.1, 0.15) is 11.4 Å². The topological polar surface area (TPSA) is 71.7 Å². The number of fused-ring (bicyclic) bond motifs is 1. The maximum Gasteiger partial charge on any atom is 0.356 e. The maximum atomic E-state index is 11.8. The highest BCUT2D eigenvalue weighted by Gasteiger charge is 2.55. The number of hydrogen-bond acceptors (Lipinski definition) is 5. The number of nitrogens with zero attached hydrogens (tertiary/aromatic N) is 2. The van der Waals surface area contributed by atoms with Crippen LogP contribution in [-0.2, 0) is 9.53 Å². The van der Waals surface area contributed by atoms with Crippen LogP contribution in [0.5, 0.6) is 5.75 Å². The minimum atomic E-state index is -0.593. The summed E-state index contributed by atoms with van der Waals surface area (Å²) in [6.07, 6.45) is 4.61. The molecule has 1 aromatic rings. The number of methoxy groups -OCH3 is 1. The number of allylic oxidation sites excluding steroid dienone is 1. The van der Waals surface area contributed by atoms with E-state index in [-0.39, 0.29) is 0 Å². The van der Waals surface area contributed by atoms with E-state index in [1.807, 2.05) is 18.2 Å². The van der Waals surface area contributed by atoms with Gasteiger partial charge in [0.25, 0.3) is 0 Å². The zero-order valence-electron chi connectivity index (χ0n) is 10.9. The summed E-state index contributed by atoms with van der Waals surface area (Å²) in [7, 11) is 1.34. The van der Waals surface area contributed by atoms with Gasteiger partial charge in [-0.15, -0.1) is 0 Å². The fourth-order valence-corrected chi connectivity index (χ4v) is 2.21. The summed E-state index contributed by atoms with van der Waals surface area (Å²) in [5, 5.41) is 8.54. The third kappa shape index (κ3) is 1.95. The SMILES string of the molecule is COC(=O)C1=Nc2cc(/C=C/C#N)ccc2OC12CC2. The molecule has 0 unspecified atom stereocenters. The number of aliphatic imine (C=N–C) groups is 1. The summed E-state index contributed by atoms with van der Waals surface area (Å²) >= 11 is 0. The van der Waals surface area contributed by atoms with Crippen molar-refractivity contribution >= 4 is 23.4 Å². The molecule has 5 heteroatoms. The molecule has 1 aliphatic carbocycles. The summed E-state index contributed by atoms with van der Waals surface area (Å²) in [6, 6.07) is 7.37. The Hall–Kier alpha value is -2.61. The first kappa shape index (κ1) is 12.4. The largest absolute Gasteiger partial charge is 0.478 e. The molecule has 1 fully saturated rings. The first-order chi connectivity index (χ1) is 9.68. The van der Waals surface area contributed by atoms with Crippen molar-refractivity contribution in [3.63, 3.8) is 0 Å². The molecular formula is C15H12N2O3. The van der Waals surface area contributed by atoms with Crippen LogP contribution in [0.2, 0.25) is 0 Å². The van der Waals surface area contributed by atoms with Gasteiger partial charge in [0, 0.05) is 6.08 Å². The second-order valence-corrected chi connectivity index (χ2v) is 4.74. The fourth-order valence-electron chi connectivity index (χ4n) is 2.21. The molecule has 0 amide bonds. The van der Waals surface area contributed by atoms with Gasteiger partial charge in [-0.05, 0) is 36.6 Å². The number of benzene rings is 1. The molecule has 0 radical (unpaired) electrons. The maximum absolute atomic E-state index is 11.8. The van der Waals surface area contributed by atoms with Gasteiger partial charge >= 0.3 is 5.97 Å². The zero-order chi connectivity index (χ0) is 14.2. The molecule has 100 valence electrons. The van der Waals surface area contributed by atoms with Gasteiger partial charge in [0.15, 0.2) is 11.3 Å². The Morgan fingerprint density at radius 1 is 1.55 bits per heavy atom. The highest BCUT2D eigenvalue weighted by atomic mass is 16.5. The van der Waals surface area contributed by atoms with Crippen LogP contribution in [0, 0.1) is 11.3 Å². The van der Waals surface area contributed by atoms with Crippen LogP contribution >= 0.6 is 0 Å². The van der Waals surface area contributed by atoms with Gasteiger partial charge in [-0.25, -0.2) is 9.79 Å². The Labute approximate surface area is 116 Å². The monoisotopic (exact) mass is 268 g/mol. The van der Waals surface area contributed by atoms with E-state index in [0.29, 0.717) is 17.1 Å². The first-order valence-electron chi connectivity index (χ1n) is 6.25. The molecule has 0 N–H and O–H groups in total. The summed E-state index contributed by atoms with van der Waals surface area (Å²) in [4.78, 5) is 16.2. The number of nitriles is 1. The molecule has 0 aromatic heterocycles. The molecule has 20 heavy (non-hydrogen) atoms. The van der Waals surface area contributed by atoms with Gasteiger partial charge in [-0.3, -0.25) is 0 Å². The standard InChI is InChI=1S/C15H12N2O3/c1-19-14(18)13-15(6-7-15)20-12-5-4-10(3-2-8-16)9-11(12)17-13/h2-5,9H,6-7H2,1H3/b3-2+. The Balaban J connectivity index is 2.03. The average Bonchev–Trinajstić information content (AvgIpc) is 3.23. The summed E-state index contributed by atoms with van der Waals surface area (Å²) < 4.78 is 10.7. The normalized spacial score (nSPS) is 17.9. The molecule has 5 nitrogen and oxygen atoms in total. The van der Waals surface area contributed by atoms with E-state index in [0.717, 1.165) is 18.4 Å². The third-order valence-corrected chi connectivity index (χ3v) is 3.39. The van der Waals surface area contributed by atoms with Gasteiger partial charge in [-0.2, -0.15) is 5.26 Å². The van der Waals surface area contributed by atoms with Crippen LogP contribution in [0.25, 0.3) is 6.08 Å². The molecule has 1 heterocycles. The molecule has 1 saturated carbocycles. The molecule has 1 spiro atoms. The molecule has 0 atom stereocenters. The molecule has 1 aromatic carbocycles. The van der Waals surface area contributed by atoms with Gasteiger partial charge in [-0.1, -0.05) is 6.07 Å². The van der Waals surface area contributed by atoms with E-state index in [1.165, 1.54) is 13.2 Å². The predicted octanol–water partition coefficient (Wildman–Crippen LogP) is 2.39. The highest BCUT2D eigenvalue weighted by Crippen LogP contribution is 2.48. The van der Waals surface area contributed by atoms with Crippen molar-refractivity contribution in [2.45, 2.75) is 18.4 Å². The van der Waals surface area contributed by atoms with Crippen LogP contribution in [0.4, 0.5) is 5.69 Å². The summed E-state index contributed by atoms with van der Waals surface area (Å²) in [5.41, 5.74) is 1.15. The van der Waals surface area contributed by atoms with Crippen molar-refractivity contribution in [1.29, 1.82) is 5.26 Å². The van der Waals surface area contributed by atoms with Crippen molar-refractivity contribution in [3.05, 3.63) is 29.8 Å². The average molecular weight is 268 g/mol. The van der Waals surface area contributed by atoms with Crippen LogP contribution in [0.3, 0.4) is 0 Å². The number of esters is 1. The van der Waals surface area contributed by atoms with Crippen molar-refractivity contribution < 1.29 is 14.3 Å². The van der Waals surface area contributed by atoms with Crippen molar-refractivity contribution in [3.8, 4) is 11.8 Å². The Bertz CT molecular complexity index is 679. The van der Waals surface area contributed by atoms with Crippen molar-refractivity contribution in [2.75, 3.05) is 7.11 Å². The Morgan fingerprint density at radius 2 is 2.35 bits per heavy atom. The number of hydrogen-bond donors (Lipinski definition) is 0. The smallest absolute Gasteiger partial charge is 0.356 e.